The van der Waals surface area contributed by atoms with Crippen molar-refractivity contribution in [3.05, 3.63) is 65.5 Å². The lowest BCUT2D eigenvalue weighted by Gasteiger charge is -1.93. The first-order valence-electron chi connectivity index (χ1n) is 6.10. The van der Waals surface area contributed by atoms with Crippen LogP contribution in [-0.4, -0.2) is 11.0 Å². The Balaban J connectivity index is 2.15. The van der Waals surface area contributed by atoms with Crippen LogP contribution in [0.25, 0.3) is 16.9 Å². The molecule has 2 N–H and O–H groups in total. The predicted octanol–water partition coefficient (Wildman–Crippen LogP) is 2.19. The molecule has 0 atom stereocenters. The standard InChI is InChI=1S/C15H11N3OS/c16-15(19)14-13(11-7-3-1-4-8-11)17-18(20-14)12-9-5-2-6-10-12/h1-10H,(H-,16,19)/p+1. The van der Waals surface area contributed by atoms with Crippen LogP contribution in [0.4, 0.5) is 0 Å². The number of carbonyl (C=O) groups excluding carboxylic acids is 1. The number of carbonyl (C=O) groups is 1. The highest BCUT2D eigenvalue weighted by Crippen LogP contribution is 2.23. The minimum Gasteiger partial charge on any atom is -0.365 e. The first-order chi connectivity index (χ1) is 9.75. The average molecular weight is 282 g/mol. The molecule has 0 spiro atoms. The van der Waals surface area contributed by atoms with Gasteiger partial charge in [-0.3, -0.25) is 4.79 Å². The summed E-state index contributed by atoms with van der Waals surface area (Å²) in [5.74, 6) is -0.462. The average Bonchev–Trinajstić information content (AvgIpc) is 2.94. The van der Waals surface area contributed by atoms with Crippen molar-refractivity contribution in [1.82, 2.24) is 5.10 Å². The van der Waals surface area contributed by atoms with Gasteiger partial charge in [0.05, 0.1) is 0 Å². The summed E-state index contributed by atoms with van der Waals surface area (Å²) in [7, 11) is 0. The number of nitrogens with two attached hydrogens (primary N) is 1. The van der Waals surface area contributed by atoms with E-state index in [-0.39, 0.29) is 0 Å². The first kappa shape index (κ1) is 12.5. The fourth-order valence-electron chi connectivity index (χ4n) is 1.90. The highest BCUT2D eigenvalue weighted by Gasteiger charge is 2.25. The molecule has 0 saturated carbocycles. The number of rotatable bonds is 3. The Labute approximate surface area is 120 Å². The Morgan fingerprint density at radius 3 is 2.20 bits per heavy atom. The van der Waals surface area contributed by atoms with Crippen LogP contribution in [0.1, 0.15) is 9.67 Å². The van der Waals surface area contributed by atoms with Crippen molar-refractivity contribution < 1.29 is 8.87 Å². The number of hydrogen-bond acceptors (Lipinski definition) is 3. The SMILES string of the molecule is NC(=O)c1s[n+](-c2ccccc2)nc1-c1ccccc1. The number of primary amides is 1. The van der Waals surface area contributed by atoms with Gasteiger partial charge in [0.15, 0.2) is 22.1 Å². The summed E-state index contributed by atoms with van der Waals surface area (Å²) in [4.78, 5) is 12.1. The Morgan fingerprint density at radius 1 is 1.00 bits per heavy atom. The molecule has 0 bridgehead atoms. The molecule has 0 saturated heterocycles. The first-order valence-corrected chi connectivity index (χ1v) is 6.87. The molecule has 3 rings (SSSR count). The summed E-state index contributed by atoms with van der Waals surface area (Å²) in [6.45, 7) is 0. The van der Waals surface area contributed by atoms with Gasteiger partial charge in [-0.2, -0.15) is 0 Å². The highest BCUT2D eigenvalue weighted by atomic mass is 32.1. The maximum atomic E-state index is 11.6. The number of para-hydroxylation sites is 1. The van der Waals surface area contributed by atoms with Crippen LogP contribution in [0.3, 0.4) is 0 Å². The summed E-state index contributed by atoms with van der Waals surface area (Å²) in [5, 5.41) is 4.51. The zero-order valence-corrected chi connectivity index (χ0v) is 11.4. The molecule has 1 heterocycles. The van der Waals surface area contributed by atoms with Crippen molar-refractivity contribution in [2.24, 2.45) is 5.73 Å². The second-order valence-electron chi connectivity index (χ2n) is 4.21. The lowest BCUT2D eigenvalue weighted by molar-refractivity contribution is -0.587. The molecule has 20 heavy (non-hydrogen) atoms. The molecular weight excluding hydrogens is 270 g/mol. The quantitative estimate of drug-likeness (QED) is 0.749. The highest BCUT2D eigenvalue weighted by molar-refractivity contribution is 7.04. The third-order valence-electron chi connectivity index (χ3n) is 2.83. The van der Waals surface area contributed by atoms with Crippen LogP contribution in [0, 0.1) is 0 Å². The van der Waals surface area contributed by atoms with Gasteiger partial charge in [0.1, 0.15) is 0 Å². The van der Waals surface area contributed by atoms with Crippen molar-refractivity contribution in [2.75, 3.05) is 0 Å². The molecule has 3 aromatic rings. The van der Waals surface area contributed by atoms with E-state index in [1.165, 1.54) is 11.5 Å². The van der Waals surface area contributed by atoms with Gasteiger partial charge in [-0.1, -0.05) is 48.5 Å². The van der Waals surface area contributed by atoms with Crippen molar-refractivity contribution >= 4 is 17.4 Å². The zero-order valence-electron chi connectivity index (χ0n) is 10.6. The van der Waals surface area contributed by atoms with E-state index in [1.54, 1.807) is 4.07 Å². The van der Waals surface area contributed by atoms with E-state index < -0.39 is 5.91 Å². The summed E-state index contributed by atoms with van der Waals surface area (Å²) in [6.07, 6.45) is 0. The molecule has 98 valence electrons. The molecule has 0 unspecified atom stereocenters. The number of amides is 1. The third-order valence-corrected chi connectivity index (χ3v) is 3.87. The molecule has 2 aromatic carbocycles. The summed E-state index contributed by atoms with van der Waals surface area (Å²) < 4.78 is 1.71. The number of nitrogens with zero attached hydrogens (tertiary/aromatic N) is 2. The number of hydrogen-bond donors (Lipinski definition) is 1. The minimum absolute atomic E-state index is 0.458. The fraction of sp³-hybridized carbons (Fsp3) is 0. The Hall–Kier alpha value is -2.53. The van der Waals surface area contributed by atoms with Crippen LogP contribution >= 0.6 is 11.5 Å². The Kier molecular flexibility index (Phi) is 3.26. The van der Waals surface area contributed by atoms with E-state index in [4.69, 9.17) is 5.73 Å². The van der Waals surface area contributed by atoms with E-state index in [1.807, 2.05) is 60.7 Å². The van der Waals surface area contributed by atoms with Crippen molar-refractivity contribution in [3.63, 3.8) is 0 Å². The van der Waals surface area contributed by atoms with Crippen LogP contribution < -0.4 is 9.81 Å². The van der Waals surface area contributed by atoms with Crippen LogP contribution in [0.2, 0.25) is 0 Å². The molecule has 4 nitrogen and oxygen atoms in total. The van der Waals surface area contributed by atoms with E-state index in [2.05, 4.69) is 5.10 Å². The topological polar surface area (TPSA) is 59.9 Å². The molecule has 1 aromatic heterocycles. The second kappa shape index (κ2) is 5.22. The van der Waals surface area contributed by atoms with Crippen LogP contribution in [0.15, 0.2) is 60.7 Å². The van der Waals surface area contributed by atoms with E-state index in [9.17, 15) is 4.79 Å². The normalized spacial score (nSPS) is 10.4. The maximum absolute atomic E-state index is 11.6. The van der Waals surface area contributed by atoms with Crippen molar-refractivity contribution in [1.29, 1.82) is 0 Å². The number of aromatic nitrogens is 2. The molecule has 1 amide bonds. The molecule has 0 aliphatic rings. The molecule has 0 fully saturated rings. The van der Waals surface area contributed by atoms with Gasteiger partial charge in [0.25, 0.3) is 11.6 Å². The fourth-order valence-corrected chi connectivity index (χ4v) is 2.76. The van der Waals surface area contributed by atoms with Gasteiger partial charge in [-0.15, -0.1) is 0 Å². The molecule has 0 aliphatic heterocycles. The maximum Gasteiger partial charge on any atom is 0.267 e. The summed E-state index contributed by atoms with van der Waals surface area (Å²) in [6, 6.07) is 19.2. The largest absolute Gasteiger partial charge is 0.365 e. The van der Waals surface area contributed by atoms with Gasteiger partial charge >= 0.3 is 0 Å². The van der Waals surface area contributed by atoms with Gasteiger partial charge < -0.3 is 5.73 Å². The monoisotopic (exact) mass is 282 g/mol. The zero-order chi connectivity index (χ0) is 13.9. The van der Waals surface area contributed by atoms with E-state index >= 15 is 0 Å². The third kappa shape index (κ3) is 2.31. The van der Waals surface area contributed by atoms with Gasteiger partial charge in [0.2, 0.25) is 0 Å². The van der Waals surface area contributed by atoms with Crippen molar-refractivity contribution in [3.8, 4) is 16.9 Å². The predicted molar refractivity (Wildman–Crippen MR) is 77.6 cm³/mol. The second-order valence-corrected chi connectivity index (χ2v) is 5.14. The molecule has 0 radical (unpaired) electrons. The van der Waals surface area contributed by atoms with Crippen molar-refractivity contribution in [2.45, 2.75) is 0 Å². The molecule has 5 heteroatoms. The minimum atomic E-state index is -0.462. The van der Waals surface area contributed by atoms with Gasteiger partial charge in [-0.25, -0.2) is 0 Å². The summed E-state index contributed by atoms with van der Waals surface area (Å²) in [5.41, 5.74) is 7.87. The van der Waals surface area contributed by atoms with Gasteiger partial charge in [0, 0.05) is 26.9 Å². The van der Waals surface area contributed by atoms with Crippen LogP contribution in [-0.2, 0) is 0 Å². The van der Waals surface area contributed by atoms with E-state index in [0.717, 1.165) is 11.3 Å². The Bertz CT molecular complexity index is 738. The smallest absolute Gasteiger partial charge is 0.267 e. The summed E-state index contributed by atoms with van der Waals surface area (Å²) >= 11 is 1.25. The molecule has 0 aliphatic carbocycles. The van der Waals surface area contributed by atoms with E-state index in [0.29, 0.717) is 10.6 Å². The Morgan fingerprint density at radius 2 is 1.60 bits per heavy atom. The lowest BCUT2D eigenvalue weighted by Crippen LogP contribution is -2.28. The number of benzene rings is 2. The molecular formula is C15H12N3OS+. The lowest BCUT2D eigenvalue weighted by atomic mass is 10.1. The van der Waals surface area contributed by atoms with Crippen LogP contribution in [0.5, 0.6) is 0 Å². The van der Waals surface area contributed by atoms with Gasteiger partial charge in [-0.05, 0) is 0 Å².